The third-order valence-corrected chi connectivity index (χ3v) is 5.88. The van der Waals surface area contributed by atoms with E-state index in [1.54, 1.807) is 12.1 Å². The van der Waals surface area contributed by atoms with Gasteiger partial charge in [0, 0.05) is 22.2 Å². The van der Waals surface area contributed by atoms with Crippen LogP contribution in [0.25, 0.3) is 10.9 Å². The minimum Gasteiger partial charge on any atom is -0.490 e. The van der Waals surface area contributed by atoms with Gasteiger partial charge < -0.3 is 9.72 Å². The number of ether oxygens (including phenoxy) is 1. The predicted octanol–water partition coefficient (Wildman–Crippen LogP) is 6.15. The number of hydrogen-bond donors (Lipinski definition) is 2. The van der Waals surface area contributed by atoms with Crippen LogP contribution in [0, 0.1) is 5.92 Å². The average Bonchev–Trinajstić information content (AvgIpc) is 3.10. The number of benzene rings is 2. The van der Waals surface area contributed by atoms with E-state index in [1.807, 2.05) is 32.0 Å². The molecule has 5 nitrogen and oxygen atoms in total. The minimum atomic E-state index is -0.266. The van der Waals surface area contributed by atoms with Crippen molar-refractivity contribution in [3.8, 4) is 5.75 Å². The molecule has 0 fully saturated rings. The lowest BCUT2D eigenvalue weighted by Crippen LogP contribution is -2.17. The lowest BCUT2D eigenvalue weighted by molar-refractivity contribution is 0.0955. The summed E-state index contributed by atoms with van der Waals surface area (Å²) in [5.41, 5.74) is 7.54. The highest BCUT2D eigenvalue weighted by atomic mass is 35.5. The Bertz CT molecular complexity index is 1130. The zero-order valence-electron chi connectivity index (χ0n) is 17.6. The summed E-state index contributed by atoms with van der Waals surface area (Å²) in [6.45, 7) is 4.62. The highest BCUT2D eigenvalue weighted by molar-refractivity contribution is 6.37. The molecule has 0 bridgehead atoms. The van der Waals surface area contributed by atoms with Crippen LogP contribution in [0.4, 0.5) is 0 Å². The minimum absolute atomic E-state index is 0.266. The molecule has 1 aliphatic rings. The summed E-state index contributed by atoms with van der Waals surface area (Å²) in [5.74, 6) is 0.555. The van der Waals surface area contributed by atoms with Crippen molar-refractivity contribution in [2.75, 3.05) is 6.61 Å². The topological polar surface area (TPSA) is 66.5 Å². The molecule has 31 heavy (non-hydrogen) atoms. The van der Waals surface area contributed by atoms with Gasteiger partial charge in [-0.25, -0.2) is 5.43 Å². The van der Waals surface area contributed by atoms with E-state index in [4.69, 9.17) is 27.9 Å². The summed E-state index contributed by atoms with van der Waals surface area (Å²) in [4.78, 5) is 16.1. The molecule has 0 atom stereocenters. The molecule has 4 rings (SSSR count). The van der Waals surface area contributed by atoms with Gasteiger partial charge >= 0.3 is 0 Å². The van der Waals surface area contributed by atoms with Crippen molar-refractivity contribution in [2.45, 2.75) is 39.5 Å². The fourth-order valence-corrected chi connectivity index (χ4v) is 4.43. The number of carbonyl (C=O) groups is 1. The van der Waals surface area contributed by atoms with E-state index < -0.39 is 0 Å². The predicted molar refractivity (Wildman–Crippen MR) is 127 cm³/mol. The number of halogens is 2. The molecule has 3 aromatic rings. The highest BCUT2D eigenvalue weighted by Crippen LogP contribution is 2.34. The molecule has 1 amide bonds. The number of H-pyrrole nitrogens is 1. The van der Waals surface area contributed by atoms with Crippen LogP contribution in [-0.4, -0.2) is 23.7 Å². The van der Waals surface area contributed by atoms with Crippen LogP contribution in [0.3, 0.4) is 0 Å². The van der Waals surface area contributed by atoms with E-state index in [1.165, 1.54) is 30.3 Å². The number of fused-ring (bicyclic) bond motifs is 3. The molecule has 0 radical (unpaired) electrons. The van der Waals surface area contributed by atoms with Gasteiger partial charge in [0.05, 0.1) is 22.9 Å². The molecule has 1 aromatic heterocycles. The van der Waals surface area contributed by atoms with Gasteiger partial charge in [0.1, 0.15) is 0 Å². The van der Waals surface area contributed by atoms with Crippen LogP contribution in [0.5, 0.6) is 5.75 Å². The molecule has 2 N–H and O–H groups in total. The number of hydrogen-bond acceptors (Lipinski definition) is 3. The maximum absolute atomic E-state index is 12.6. The van der Waals surface area contributed by atoms with Crippen molar-refractivity contribution in [2.24, 2.45) is 11.0 Å². The van der Waals surface area contributed by atoms with Crippen molar-refractivity contribution in [1.82, 2.24) is 10.4 Å². The number of aryl methyl sites for hydroxylation is 2. The first kappa shape index (κ1) is 21.7. The largest absolute Gasteiger partial charge is 0.490 e. The Morgan fingerprint density at radius 2 is 1.94 bits per heavy atom. The van der Waals surface area contributed by atoms with Crippen molar-refractivity contribution in [3.63, 3.8) is 0 Å². The van der Waals surface area contributed by atoms with Gasteiger partial charge in [0.15, 0.2) is 5.75 Å². The summed E-state index contributed by atoms with van der Waals surface area (Å²) in [7, 11) is 0. The van der Waals surface area contributed by atoms with Crippen molar-refractivity contribution >= 4 is 46.2 Å². The summed E-state index contributed by atoms with van der Waals surface area (Å²) in [6, 6.07) is 9.12. The van der Waals surface area contributed by atoms with Crippen LogP contribution in [0.1, 0.15) is 53.9 Å². The third-order valence-electron chi connectivity index (χ3n) is 5.32. The second-order valence-corrected chi connectivity index (χ2v) is 9.08. The number of amides is 1. The first-order chi connectivity index (χ1) is 14.9. The summed E-state index contributed by atoms with van der Waals surface area (Å²) < 4.78 is 5.67. The van der Waals surface area contributed by atoms with Gasteiger partial charge in [-0.2, -0.15) is 5.10 Å². The standard InChI is InChI=1S/C24H25Cl2N3O2/c1-14(2)13-31-23-19(25)9-15(10-20(23)26)12-27-29-24(30)16-7-8-22-18(11-16)17-5-3-4-6-21(17)28-22/h7-12,14,28H,3-6,13H2,1-2H3,(H,29,30)/b27-12-. The number of nitrogens with one attached hydrogen (secondary N) is 2. The Hall–Kier alpha value is -2.50. The van der Waals surface area contributed by atoms with E-state index in [2.05, 4.69) is 15.5 Å². The van der Waals surface area contributed by atoms with Gasteiger partial charge in [0.2, 0.25) is 0 Å². The van der Waals surface area contributed by atoms with Crippen molar-refractivity contribution in [1.29, 1.82) is 0 Å². The molecule has 0 aliphatic heterocycles. The Labute approximate surface area is 191 Å². The number of nitrogens with zero attached hydrogens (tertiary/aromatic N) is 1. The van der Waals surface area contributed by atoms with Crippen LogP contribution in [-0.2, 0) is 12.8 Å². The SMILES string of the molecule is CC(C)COc1c(Cl)cc(/C=N\NC(=O)c2ccc3[nH]c4c(c3c2)CCCC4)cc1Cl. The lowest BCUT2D eigenvalue weighted by atomic mass is 9.95. The zero-order chi connectivity index (χ0) is 22.0. The maximum atomic E-state index is 12.6. The molecule has 0 saturated carbocycles. The number of carbonyl (C=O) groups excluding carboxylic acids is 1. The number of rotatable bonds is 6. The lowest BCUT2D eigenvalue weighted by Gasteiger charge is -2.12. The molecule has 1 heterocycles. The zero-order valence-corrected chi connectivity index (χ0v) is 19.1. The first-order valence-corrected chi connectivity index (χ1v) is 11.3. The van der Waals surface area contributed by atoms with Gasteiger partial charge in [-0.15, -0.1) is 0 Å². The second kappa shape index (κ2) is 9.33. The van der Waals surface area contributed by atoms with E-state index >= 15 is 0 Å². The van der Waals surface area contributed by atoms with Crippen LogP contribution in [0.2, 0.25) is 10.0 Å². The molecule has 0 saturated heterocycles. The maximum Gasteiger partial charge on any atom is 0.271 e. The van der Waals surface area contributed by atoms with Crippen molar-refractivity contribution in [3.05, 3.63) is 62.8 Å². The molecule has 0 unspecified atom stereocenters. The van der Waals surface area contributed by atoms with Crippen LogP contribution < -0.4 is 10.2 Å². The summed E-state index contributed by atoms with van der Waals surface area (Å²) >= 11 is 12.6. The van der Waals surface area contributed by atoms with Gasteiger partial charge in [-0.05, 0) is 73.1 Å². The van der Waals surface area contributed by atoms with Crippen LogP contribution >= 0.6 is 23.2 Å². The second-order valence-electron chi connectivity index (χ2n) is 8.27. The first-order valence-electron chi connectivity index (χ1n) is 10.5. The monoisotopic (exact) mass is 457 g/mol. The number of aromatic amines is 1. The molecular formula is C24H25Cl2N3O2. The quantitative estimate of drug-likeness (QED) is 0.344. The Morgan fingerprint density at radius 3 is 2.68 bits per heavy atom. The van der Waals surface area contributed by atoms with Crippen molar-refractivity contribution < 1.29 is 9.53 Å². The third kappa shape index (κ3) is 4.89. The molecule has 7 heteroatoms. The summed E-state index contributed by atoms with van der Waals surface area (Å²) in [6.07, 6.45) is 6.03. The van der Waals surface area contributed by atoms with E-state index in [9.17, 15) is 4.79 Å². The number of aromatic nitrogens is 1. The van der Waals surface area contributed by atoms with Crippen LogP contribution in [0.15, 0.2) is 35.4 Å². The molecule has 162 valence electrons. The van der Waals surface area contributed by atoms with Gasteiger partial charge in [-0.1, -0.05) is 37.0 Å². The van der Waals surface area contributed by atoms with E-state index in [0.29, 0.717) is 39.4 Å². The molecule has 2 aromatic carbocycles. The fourth-order valence-electron chi connectivity index (χ4n) is 3.82. The fraction of sp³-hybridized carbons (Fsp3) is 0.333. The molecule has 1 aliphatic carbocycles. The molecule has 0 spiro atoms. The highest BCUT2D eigenvalue weighted by Gasteiger charge is 2.17. The Balaban J connectivity index is 1.46. The van der Waals surface area contributed by atoms with Gasteiger partial charge in [-0.3, -0.25) is 4.79 Å². The number of hydrazone groups is 1. The Morgan fingerprint density at radius 1 is 1.19 bits per heavy atom. The Kier molecular flexibility index (Phi) is 6.54. The summed E-state index contributed by atoms with van der Waals surface area (Å²) in [5, 5.41) is 6.01. The molecular weight excluding hydrogens is 433 g/mol. The normalized spacial score (nSPS) is 13.7. The van der Waals surface area contributed by atoms with Gasteiger partial charge in [0.25, 0.3) is 5.91 Å². The van der Waals surface area contributed by atoms with E-state index in [0.717, 1.165) is 23.7 Å². The average molecular weight is 458 g/mol. The van der Waals surface area contributed by atoms with E-state index in [-0.39, 0.29) is 5.91 Å². The smallest absolute Gasteiger partial charge is 0.271 e.